The van der Waals surface area contributed by atoms with E-state index in [1.165, 1.54) is 16.9 Å². The van der Waals surface area contributed by atoms with Crippen molar-refractivity contribution in [2.45, 2.75) is 40.3 Å². The smallest absolute Gasteiger partial charge is 0.247 e. The molecule has 0 aliphatic rings. The van der Waals surface area contributed by atoms with E-state index in [1.807, 2.05) is 52.1 Å². The largest absolute Gasteiger partial charge is 0.483 e. The zero-order valence-corrected chi connectivity index (χ0v) is 16.0. The van der Waals surface area contributed by atoms with Gasteiger partial charge in [-0.05, 0) is 50.5 Å². The number of amides is 1. The highest BCUT2D eigenvalue weighted by Gasteiger charge is 2.16. The Labute approximate surface area is 156 Å². The van der Waals surface area contributed by atoms with Gasteiger partial charge >= 0.3 is 0 Å². The molecule has 1 aromatic carbocycles. The molecule has 0 bridgehead atoms. The Balaban J connectivity index is 1.61. The van der Waals surface area contributed by atoms with Crippen LogP contribution in [0, 0.1) is 20.8 Å². The fourth-order valence-corrected chi connectivity index (χ4v) is 3.14. The van der Waals surface area contributed by atoms with Gasteiger partial charge < -0.3 is 4.74 Å². The average molecular weight is 371 g/mol. The van der Waals surface area contributed by atoms with Crippen LogP contribution in [0.5, 0.6) is 5.75 Å². The number of aromatic nitrogens is 4. The molecule has 3 aromatic rings. The third kappa shape index (κ3) is 4.26. The van der Waals surface area contributed by atoms with E-state index in [0.717, 1.165) is 16.9 Å². The lowest BCUT2D eigenvalue weighted by atomic mass is 10.1. The summed E-state index contributed by atoms with van der Waals surface area (Å²) in [4.78, 5) is 12.1. The van der Waals surface area contributed by atoms with Crippen molar-refractivity contribution in [3.8, 4) is 5.75 Å². The lowest BCUT2D eigenvalue weighted by Gasteiger charge is -2.14. The molecular weight excluding hydrogens is 350 g/mol. The molecule has 0 saturated carbocycles. The summed E-state index contributed by atoms with van der Waals surface area (Å²) in [6.45, 7) is 8.06. The minimum Gasteiger partial charge on any atom is -0.483 e. The van der Waals surface area contributed by atoms with Gasteiger partial charge in [0.25, 0.3) is 0 Å². The van der Waals surface area contributed by atoms with Crippen molar-refractivity contribution >= 4 is 22.4 Å². The van der Waals surface area contributed by atoms with Crippen molar-refractivity contribution in [3.63, 3.8) is 0 Å². The number of nitrogens with zero attached hydrogens (tertiary/aromatic N) is 4. The van der Waals surface area contributed by atoms with Crippen LogP contribution in [0.1, 0.15) is 34.7 Å². The molecule has 0 aliphatic carbocycles. The number of rotatable bonds is 6. The number of nitrogens with one attached hydrogen (secondary N) is 1. The first kappa shape index (κ1) is 18.1. The standard InChI is InChI=1S/C18H21N5O2S/c1-11-8-19-23(9-11)10-16(24)20-18-22-21-17(26-18)14(4)25-15-7-5-6-12(2)13(15)3/h5-9,14H,10H2,1-4H3,(H,20,22,24). The van der Waals surface area contributed by atoms with E-state index in [9.17, 15) is 4.79 Å². The van der Waals surface area contributed by atoms with Crippen molar-refractivity contribution in [2.75, 3.05) is 5.32 Å². The Kier molecular flexibility index (Phi) is 5.32. The second-order valence-corrected chi connectivity index (χ2v) is 7.18. The summed E-state index contributed by atoms with van der Waals surface area (Å²) in [6, 6.07) is 5.95. The molecule has 136 valence electrons. The third-order valence-electron chi connectivity index (χ3n) is 3.96. The Hall–Kier alpha value is -2.74. The van der Waals surface area contributed by atoms with Crippen molar-refractivity contribution in [1.82, 2.24) is 20.0 Å². The van der Waals surface area contributed by atoms with E-state index < -0.39 is 0 Å². The molecule has 0 saturated heterocycles. The second kappa shape index (κ2) is 7.65. The predicted octanol–water partition coefficient (Wildman–Crippen LogP) is 3.44. The first-order valence-corrected chi connectivity index (χ1v) is 9.09. The van der Waals surface area contributed by atoms with Gasteiger partial charge in [0, 0.05) is 6.20 Å². The fourth-order valence-electron chi connectivity index (χ4n) is 2.40. The first-order chi connectivity index (χ1) is 12.4. The monoisotopic (exact) mass is 371 g/mol. The van der Waals surface area contributed by atoms with Gasteiger partial charge in [-0.25, -0.2) is 0 Å². The molecule has 1 amide bonds. The minimum atomic E-state index is -0.257. The maximum absolute atomic E-state index is 12.1. The van der Waals surface area contributed by atoms with Crippen LogP contribution >= 0.6 is 11.3 Å². The summed E-state index contributed by atoms with van der Waals surface area (Å²) in [5.74, 6) is 0.631. The molecule has 2 heterocycles. The van der Waals surface area contributed by atoms with E-state index in [1.54, 1.807) is 10.9 Å². The Morgan fingerprint density at radius 1 is 1.31 bits per heavy atom. The molecule has 0 aliphatic heterocycles. The number of aryl methyl sites for hydroxylation is 2. The topological polar surface area (TPSA) is 81.9 Å². The molecule has 0 spiro atoms. The first-order valence-electron chi connectivity index (χ1n) is 8.27. The molecule has 3 rings (SSSR count). The number of benzene rings is 1. The molecule has 1 unspecified atom stereocenters. The number of carbonyl (C=O) groups excluding carboxylic acids is 1. The van der Waals surface area contributed by atoms with Gasteiger partial charge in [0.2, 0.25) is 11.0 Å². The molecule has 7 nitrogen and oxygen atoms in total. The van der Waals surface area contributed by atoms with E-state index in [0.29, 0.717) is 10.1 Å². The van der Waals surface area contributed by atoms with Crippen molar-refractivity contribution in [2.24, 2.45) is 0 Å². The lowest BCUT2D eigenvalue weighted by Crippen LogP contribution is -2.18. The quantitative estimate of drug-likeness (QED) is 0.718. The molecule has 2 aromatic heterocycles. The highest BCUT2D eigenvalue weighted by molar-refractivity contribution is 7.15. The van der Waals surface area contributed by atoms with Crippen LogP contribution in [-0.2, 0) is 11.3 Å². The summed E-state index contributed by atoms with van der Waals surface area (Å²) in [5.41, 5.74) is 3.29. The van der Waals surface area contributed by atoms with Gasteiger partial charge in [0.15, 0.2) is 5.01 Å². The summed E-state index contributed by atoms with van der Waals surface area (Å²) in [5, 5.41) is 16.2. The van der Waals surface area contributed by atoms with Crippen LogP contribution in [0.15, 0.2) is 30.6 Å². The molecule has 0 fully saturated rings. The van der Waals surface area contributed by atoms with Gasteiger partial charge in [0.1, 0.15) is 18.4 Å². The Morgan fingerprint density at radius 2 is 2.12 bits per heavy atom. The second-order valence-electron chi connectivity index (χ2n) is 6.17. The number of carbonyl (C=O) groups is 1. The molecule has 26 heavy (non-hydrogen) atoms. The highest BCUT2D eigenvalue weighted by Crippen LogP contribution is 2.29. The van der Waals surface area contributed by atoms with E-state index >= 15 is 0 Å². The van der Waals surface area contributed by atoms with Crippen LogP contribution in [0.3, 0.4) is 0 Å². The zero-order chi connectivity index (χ0) is 18.7. The highest BCUT2D eigenvalue weighted by atomic mass is 32.1. The van der Waals surface area contributed by atoms with E-state index in [2.05, 4.69) is 20.6 Å². The van der Waals surface area contributed by atoms with Crippen LogP contribution < -0.4 is 10.1 Å². The number of hydrogen-bond donors (Lipinski definition) is 1. The minimum absolute atomic E-state index is 0.136. The third-order valence-corrected chi connectivity index (χ3v) is 4.96. The van der Waals surface area contributed by atoms with E-state index in [-0.39, 0.29) is 18.6 Å². The molecule has 1 atom stereocenters. The van der Waals surface area contributed by atoms with Crippen LogP contribution in [0.4, 0.5) is 5.13 Å². The van der Waals surface area contributed by atoms with Gasteiger partial charge in [-0.3, -0.25) is 14.8 Å². The van der Waals surface area contributed by atoms with E-state index in [4.69, 9.17) is 4.74 Å². The number of anilines is 1. The number of ether oxygens (including phenoxy) is 1. The van der Waals surface area contributed by atoms with Crippen molar-refractivity contribution < 1.29 is 9.53 Å². The van der Waals surface area contributed by atoms with Crippen molar-refractivity contribution in [3.05, 3.63) is 52.3 Å². The Bertz CT molecular complexity index is 918. The average Bonchev–Trinajstić information content (AvgIpc) is 3.21. The van der Waals surface area contributed by atoms with Crippen LogP contribution in [0.25, 0.3) is 0 Å². The molecular formula is C18H21N5O2S. The zero-order valence-electron chi connectivity index (χ0n) is 15.2. The fraction of sp³-hybridized carbons (Fsp3) is 0.333. The summed E-state index contributed by atoms with van der Waals surface area (Å²) in [6.07, 6.45) is 3.26. The maximum atomic E-state index is 12.1. The molecule has 0 radical (unpaired) electrons. The molecule has 1 N–H and O–H groups in total. The maximum Gasteiger partial charge on any atom is 0.247 e. The number of hydrogen-bond acceptors (Lipinski definition) is 6. The van der Waals surface area contributed by atoms with Crippen molar-refractivity contribution in [1.29, 1.82) is 0 Å². The van der Waals surface area contributed by atoms with Gasteiger partial charge in [0.05, 0.1) is 6.20 Å². The van der Waals surface area contributed by atoms with Crippen LogP contribution in [0.2, 0.25) is 0 Å². The van der Waals surface area contributed by atoms with Crippen LogP contribution in [-0.4, -0.2) is 25.9 Å². The summed E-state index contributed by atoms with van der Waals surface area (Å²) in [7, 11) is 0. The van der Waals surface area contributed by atoms with Gasteiger partial charge in [-0.1, -0.05) is 23.5 Å². The summed E-state index contributed by atoms with van der Waals surface area (Å²) < 4.78 is 7.59. The normalized spacial score (nSPS) is 12.0. The predicted molar refractivity (Wildman–Crippen MR) is 100 cm³/mol. The lowest BCUT2D eigenvalue weighted by molar-refractivity contribution is -0.116. The SMILES string of the molecule is Cc1cnn(CC(=O)Nc2nnc(C(C)Oc3cccc(C)c3C)s2)c1. The van der Waals surface area contributed by atoms with Gasteiger partial charge in [-0.2, -0.15) is 5.10 Å². The summed E-state index contributed by atoms with van der Waals surface area (Å²) >= 11 is 1.31. The van der Waals surface area contributed by atoms with Gasteiger partial charge in [-0.15, -0.1) is 10.2 Å². The Morgan fingerprint density at radius 3 is 2.85 bits per heavy atom. The molecule has 8 heteroatoms.